The Bertz CT molecular complexity index is 833. The second kappa shape index (κ2) is 9.12. The van der Waals surface area contributed by atoms with E-state index < -0.39 is 0 Å². The molecule has 2 unspecified atom stereocenters. The van der Waals surface area contributed by atoms with Crippen molar-refractivity contribution in [2.45, 2.75) is 25.4 Å². The molecular weight excluding hydrogens is 340 g/mol. The van der Waals surface area contributed by atoms with Crippen LogP contribution in [-0.2, 0) is 4.79 Å². The van der Waals surface area contributed by atoms with E-state index in [2.05, 4.69) is 21.4 Å². The van der Waals surface area contributed by atoms with Crippen LogP contribution in [0.2, 0.25) is 0 Å². The van der Waals surface area contributed by atoms with E-state index in [0.29, 0.717) is 6.42 Å². The molecule has 140 valence electrons. The van der Waals surface area contributed by atoms with Crippen molar-refractivity contribution in [3.05, 3.63) is 71.3 Å². The highest BCUT2D eigenvalue weighted by atomic mass is 16.5. The number of hydrazone groups is 1. The zero-order valence-corrected chi connectivity index (χ0v) is 15.5. The number of ether oxygens (including phenoxy) is 1. The highest BCUT2D eigenvalue weighted by Crippen LogP contribution is 2.25. The molecule has 1 heterocycles. The lowest BCUT2D eigenvalue weighted by atomic mass is 10.0. The number of allylic oxidation sites excluding steroid dienone is 1. The van der Waals surface area contributed by atoms with Gasteiger partial charge in [0.1, 0.15) is 11.8 Å². The zero-order chi connectivity index (χ0) is 19.1. The first-order valence-electron chi connectivity index (χ1n) is 8.87. The zero-order valence-electron chi connectivity index (χ0n) is 15.5. The number of carbonyl (C=O) groups excluding carboxylic acids is 1. The van der Waals surface area contributed by atoms with Crippen LogP contribution in [0.25, 0.3) is 6.08 Å². The van der Waals surface area contributed by atoms with Crippen molar-refractivity contribution in [3.8, 4) is 5.75 Å². The summed E-state index contributed by atoms with van der Waals surface area (Å²) < 4.78 is 5.25. The van der Waals surface area contributed by atoms with Crippen molar-refractivity contribution in [2.75, 3.05) is 7.11 Å². The van der Waals surface area contributed by atoms with Gasteiger partial charge >= 0.3 is 0 Å². The average molecular weight is 364 g/mol. The Hall–Kier alpha value is -2.96. The summed E-state index contributed by atoms with van der Waals surface area (Å²) in [5, 5.41) is 4.06. The summed E-state index contributed by atoms with van der Waals surface area (Å²) in [5.41, 5.74) is 11.9. The molecule has 3 N–H and O–H groups in total. The number of rotatable bonds is 6. The van der Waals surface area contributed by atoms with Gasteiger partial charge in [-0.25, -0.2) is 16.3 Å². The summed E-state index contributed by atoms with van der Waals surface area (Å²) in [5.74, 6) is 0.629. The monoisotopic (exact) mass is 364 g/mol. The van der Waals surface area contributed by atoms with Gasteiger partial charge < -0.3 is 4.74 Å². The molecule has 6 nitrogen and oxygen atoms in total. The van der Waals surface area contributed by atoms with Crippen LogP contribution in [0.15, 0.2) is 65.3 Å². The summed E-state index contributed by atoms with van der Waals surface area (Å²) in [6.45, 7) is 1.94. The molecule has 1 saturated heterocycles. The fourth-order valence-corrected chi connectivity index (χ4v) is 2.93. The molecule has 2 aromatic carbocycles. The third kappa shape index (κ3) is 5.26. The van der Waals surface area contributed by atoms with E-state index in [9.17, 15) is 4.79 Å². The molecule has 0 spiro atoms. The summed E-state index contributed by atoms with van der Waals surface area (Å²) >= 11 is 0. The summed E-state index contributed by atoms with van der Waals surface area (Å²) in [4.78, 5) is 12.3. The lowest BCUT2D eigenvalue weighted by Gasteiger charge is -2.10. The molecule has 0 aliphatic carbocycles. The first kappa shape index (κ1) is 18.8. The van der Waals surface area contributed by atoms with E-state index >= 15 is 0 Å². The Labute approximate surface area is 159 Å². The number of carbonyl (C=O) groups is 1. The predicted octanol–water partition coefficient (Wildman–Crippen LogP) is 2.81. The lowest BCUT2D eigenvalue weighted by Crippen LogP contribution is -2.41. The van der Waals surface area contributed by atoms with Gasteiger partial charge in [-0.3, -0.25) is 4.79 Å². The number of methoxy groups -OCH3 is 1. The minimum absolute atomic E-state index is 0.0412. The molecular formula is C21H24N4O2. The minimum atomic E-state index is -0.350. The van der Waals surface area contributed by atoms with Crippen molar-refractivity contribution in [2.24, 2.45) is 5.10 Å². The van der Waals surface area contributed by atoms with Crippen molar-refractivity contribution in [1.82, 2.24) is 16.3 Å². The van der Waals surface area contributed by atoms with E-state index in [1.54, 1.807) is 13.3 Å². The first-order chi connectivity index (χ1) is 13.2. The fraction of sp³-hybridized carbons (Fsp3) is 0.238. The van der Waals surface area contributed by atoms with Gasteiger partial charge in [0.25, 0.3) is 5.91 Å². The Morgan fingerprint density at radius 2 is 2.00 bits per heavy atom. The standard InChI is InChI=1S/C21H24N4O2/c1-15(11-16-7-4-3-5-8-16)14-22-25-21(26)20-13-19(23-24-20)17-9-6-10-18(12-17)27-2/h3-12,14,19-20,23-24H,13H2,1-2H3,(H,25,26)/b15-11+,22-14+. The van der Waals surface area contributed by atoms with Gasteiger partial charge in [0.15, 0.2) is 0 Å². The Morgan fingerprint density at radius 3 is 2.78 bits per heavy atom. The molecule has 6 heteroatoms. The number of nitrogens with zero attached hydrogens (tertiary/aromatic N) is 1. The van der Waals surface area contributed by atoms with Gasteiger partial charge in [0, 0.05) is 6.04 Å². The average Bonchev–Trinajstić information content (AvgIpc) is 3.19. The van der Waals surface area contributed by atoms with Crippen LogP contribution < -0.4 is 21.0 Å². The number of hydrogen-bond donors (Lipinski definition) is 3. The van der Waals surface area contributed by atoms with Gasteiger partial charge in [-0.1, -0.05) is 48.5 Å². The first-order valence-corrected chi connectivity index (χ1v) is 8.87. The van der Waals surface area contributed by atoms with Crippen molar-refractivity contribution in [1.29, 1.82) is 0 Å². The highest BCUT2D eigenvalue weighted by molar-refractivity contribution is 5.87. The van der Waals surface area contributed by atoms with Crippen LogP contribution in [0.3, 0.4) is 0 Å². The number of nitrogens with one attached hydrogen (secondary N) is 3. The SMILES string of the molecule is COc1cccc(C2CC(C(=O)N/N=C/C(C)=C/c3ccccc3)NN2)c1. The van der Waals surface area contributed by atoms with Crippen LogP contribution in [-0.4, -0.2) is 25.3 Å². The van der Waals surface area contributed by atoms with Crippen LogP contribution in [0.4, 0.5) is 0 Å². The topological polar surface area (TPSA) is 74.8 Å². The molecule has 1 aliphatic rings. The highest BCUT2D eigenvalue weighted by Gasteiger charge is 2.30. The second-order valence-electron chi connectivity index (χ2n) is 6.44. The third-order valence-corrected chi connectivity index (χ3v) is 4.35. The van der Waals surface area contributed by atoms with E-state index in [-0.39, 0.29) is 18.0 Å². The molecule has 1 amide bonds. The molecule has 27 heavy (non-hydrogen) atoms. The van der Waals surface area contributed by atoms with Crippen molar-refractivity contribution in [3.63, 3.8) is 0 Å². The van der Waals surface area contributed by atoms with E-state index in [1.807, 2.05) is 67.6 Å². The van der Waals surface area contributed by atoms with Crippen LogP contribution in [0.1, 0.15) is 30.5 Å². The smallest absolute Gasteiger partial charge is 0.258 e. The molecule has 0 aromatic heterocycles. The van der Waals surface area contributed by atoms with Gasteiger partial charge in [0.2, 0.25) is 0 Å². The van der Waals surface area contributed by atoms with Crippen LogP contribution in [0.5, 0.6) is 5.75 Å². The Morgan fingerprint density at radius 1 is 1.19 bits per heavy atom. The van der Waals surface area contributed by atoms with Gasteiger partial charge in [-0.2, -0.15) is 5.10 Å². The number of benzene rings is 2. The molecule has 1 aliphatic heterocycles. The largest absolute Gasteiger partial charge is 0.497 e. The van der Waals surface area contributed by atoms with Crippen molar-refractivity contribution < 1.29 is 9.53 Å². The van der Waals surface area contributed by atoms with Gasteiger partial charge in [-0.15, -0.1) is 0 Å². The Balaban J connectivity index is 1.52. The van der Waals surface area contributed by atoms with E-state index in [1.165, 1.54) is 0 Å². The van der Waals surface area contributed by atoms with Crippen molar-refractivity contribution >= 4 is 18.2 Å². The normalized spacial score (nSPS) is 20.0. The third-order valence-electron chi connectivity index (χ3n) is 4.35. The molecule has 0 bridgehead atoms. The van der Waals surface area contributed by atoms with Gasteiger partial charge in [-0.05, 0) is 42.2 Å². The maximum atomic E-state index is 12.3. The van der Waals surface area contributed by atoms with Crippen LogP contribution >= 0.6 is 0 Å². The number of hydrazine groups is 1. The lowest BCUT2D eigenvalue weighted by molar-refractivity contribution is -0.122. The van der Waals surface area contributed by atoms with E-state index in [4.69, 9.17) is 4.74 Å². The predicted molar refractivity (Wildman–Crippen MR) is 107 cm³/mol. The molecule has 3 rings (SSSR count). The molecule has 0 saturated carbocycles. The summed E-state index contributed by atoms with van der Waals surface area (Å²) in [6, 6.07) is 17.5. The van der Waals surface area contributed by atoms with Gasteiger partial charge in [0.05, 0.1) is 13.3 Å². The summed E-state index contributed by atoms with van der Waals surface area (Å²) in [7, 11) is 1.64. The molecule has 2 atom stereocenters. The van der Waals surface area contributed by atoms with E-state index in [0.717, 1.165) is 22.4 Å². The molecule has 2 aromatic rings. The fourth-order valence-electron chi connectivity index (χ4n) is 2.93. The van der Waals surface area contributed by atoms with Crippen LogP contribution in [0, 0.1) is 0 Å². The molecule has 1 fully saturated rings. The number of amides is 1. The quantitative estimate of drug-likeness (QED) is 0.544. The minimum Gasteiger partial charge on any atom is -0.497 e. The maximum absolute atomic E-state index is 12.3. The Kier molecular flexibility index (Phi) is 6.35. The number of hydrogen-bond acceptors (Lipinski definition) is 5. The maximum Gasteiger partial charge on any atom is 0.258 e. The second-order valence-corrected chi connectivity index (χ2v) is 6.44. The molecule has 0 radical (unpaired) electrons. The summed E-state index contributed by atoms with van der Waals surface area (Å²) in [6.07, 6.45) is 4.28.